The summed E-state index contributed by atoms with van der Waals surface area (Å²) in [6.07, 6.45) is 3.12. The van der Waals surface area contributed by atoms with Gasteiger partial charge in [0.05, 0.1) is 23.8 Å². The molecule has 158 valence electrons. The summed E-state index contributed by atoms with van der Waals surface area (Å²) in [6, 6.07) is 9.50. The van der Waals surface area contributed by atoms with E-state index in [1.54, 1.807) is 4.90 Å². The van der Waals surface area contributed by atoms with E-state index in [0.29, 0.717) is 25.9 Å². The van der Waals surface area contributed by atoms with Crippen LogP contribution in [-0.2, 0) is 19.4 Å². The molecule has 0 aromatic heterocycles. The Labute approximate surface area is 172 Å². The van der Waals surface area contributed by atoms with E-state index >= 15 is 0 Å². The van der Waals surface area contributed by atoms with Gasteiger partial charge in [0, 0.05) is 31.8 Å². The lowest BCUT2D eigenvalue weighted by Gasteiger charge is -2.28. The SMILES string of the molecule is CCCCN(C(=O)CCC(=O)N1CCC(c2ccccc2)=N1)C1CCS(=O)(=O)C1. The third-order valence-corrected chi connectivity index (χ3v) is 7.22. The number of nitrogens with zero attached hydrogens (tertiary/aromatic N) is 3. The van der Waals surface area contributed by atoms with Crippen LogP contribution < -0.4 is 0 Å². The highest BCUT2D eigenvalue weighted by Gasteiger charge is 2.34. The molecule has 0 spiro atoms. The van der Waals surface area contributed by atoms with Gasteiger partial charge >= 0.3 is 0 Å². The summed E-state index contributed by atoms with van der Waals surface area (Å²) in [7, 11) is -3.06. The number of hydrazone groups is 1. The summed E-state index contributed by atoms with van der Waals surface area (Å²) >= 11 is 0. The molecule has 2 aliphatic rings. The van der Waals surface area contributed by atoms with E-state index in [1.165, 1.54) is 5.01 Å². The number of sulfone groups is 1. The molecule has 0 N–H and O–H groups in total. The van der Waals surface area contributed by atoms with Crippen LogP contribution in [0.2, 0.25) is 0 Å². The van der Waals surface area contributed by atoms with Crippen molar-refractivity contribution in [1.29, 1.82) is 0 Å². The Morgan fingerprint density at radius 3 is 2.62 bits per heavy atom. The molecule has 1 aromatic carbocycles. The number of benzene rings is 1. The monoisotopic (exact) mass is 419 g/mol. The van der Waals surface area contributed by atoms with Gasteiger partial charge in [-0.25, -0.2) is 13.4 Å². The number of carbonyl (C=O) groups is 2. The summed E-state index contributed by atoms with van der Waals surface area (Å²) in [6.45, 7) is 3.11. The van der Waals surface area contributed by atoms with Crippen LogP contribution in [0, 0.1) is 0 Å². The molecule has 7 nitrogen and oxygen atoms in total. The van der Waals surface area contributed by atoms with Crippen LogP contribution in [0.5, 0.6) is 0 Å². The van der Waals surface area contributed by atoms with Gasteiger partial charge in [-0.05, 0) is 18.4 Å². The first-order valence-electron chi connectivity index (χ1n) is 10.3. The van der Waals surface area contributed by atoms with Gasteiger partial charge in [-0.2, -0.15) is 5.10 Å². The van der Waals surface area contributed by atoms with Crippen molar-refractivity contribution in [2.45, 2.75) is 51.5 Å². The fourth-order valence-electron chi connectivity index (χ4n) is 3.82. The Morgan fingerprint density at radius 2 is 1.97 bits per heavy atom. The molecule has 1 saturated heterocycles. The highest BCUT2D eigenvalue weighted by atomic mass is 32.2. The van der Waals surface area contributed by atoms with Crippen LogP contribution in [-0.4, -0.2) is 66.5 Å². The molecule has 29 heavy (non-hydrogen) atoms. The van der Waals surface area contributed by atoms with Crippen molar-refractivity contribution in [3.63, 3.8) is 0 Å². The van der Waals surface area contributed by atoms with Gasteiger partial charge in [-0.3, -0.25) is 9.59 Å². The normalized spacial score (nSPS) is 20.5. The van der Waals surface area contributed by atoms with Gasteiger partial charge in [0.1, 0.15) is 0 Å². The van der Waals surface area contributed by atoms with E-state index in [2.05, 4.69) is 5.10 Å². The fourth-order valence-corrected chi connectivity index (χ4v) is 5.55. The second-order valence-corrected chi connectivity index (χ2v) is 9.91. The Kier molecular flexibility index (Phi) is 7.05. The van der Waals surface area contributed by atoms with Crippen molar-refractivity contribution < 1.29 is 18.0 Å². The van der Waals surface area contributed by atoms with Crippen molar-refractivity contribution in [2.24, 2.45) is 5.10 Å². The minimum absolute atomic E-state index is 0.0350. The molecule has 2 amide bonds. The van der Waals surface area contributed by atoms with Crippen LogP contribution >= 0.6 is 0 Å². The highest BCUT2D eigenvalue weighted by molar-refractivity contribution is 7.91. The molecule has 0 bridgehead atoms. The average Bonchev–Trinajstić information content (AvgIpc) is 3.34. The number of hydrogen-bond donors (Lipinski definition) is 0. The topological polar surface area (TPSA) is 87.1 Å². The zero-order valence-electron chi connectivity index (χ0n) is 16.9. The van der Waals surface area contributed by atoms with E-state index in [0.717, 1.165) is 24.1 Å². The minimum atomic E-state index is -3.06. The van der Waals surface area contributed by atoms with Crippen molar-refractivity contribution in [3.05, 3.63) is 35.9 Å². The standard InChI is InChI=1S/C21H29N3O4S/c1-2-3-13-23(18-12-15-29(27,28)16-18)20(25)9-10-21(26)24-14-11-19(22-24)17-7-5-4-6-8-17/h4-8,18H,2-3,9-16H2,1H3. The van der Waals surface area contributed by atoms with E-state index in [1.807, 2.05) is 37.3 Å². The molecule has 8 heteroatoms. The molecule has 1 unspecified atom stereocenters. The van der Waals surface area contributed by atoms with Crippen LogP contribution in [0.25, 0.3) is 0 Å². The molecular weight excluding hydrogens is 390 g/mol. The first kappa shape index (κ1) is 21.5. The smallest absolute Gasteiger partial charge is 0.243 e. The second-order valence-electron chi connectivity index (χ2n) is 7.68. The maximum atomic E-state index is 12.8. The number of carbonyl (C=O) groups excluding carboxylic acids is 2. The lowest BCUT2D eigenvalue weighted by atomic mass is 10.1. The van der Waals surface area contributed by atoms with E-state index in [-0.39, 0.29) is 42.2 Å². The molecule has 3 rings (SSSR count). The number of unbranched alkanes of at least 4 members (excludes halogenated alkanes) is 1. The first-order valence-corrected chi connectivity index (χ1v) is 12.1. The van der Waals surface area contributed by atoms with Crippen LogP contribution in [0.15, 0.2) is 35.4 Å². The van der Waals surface area contributed by atoms with Crippen molar-refractivity contribution in [1.82, 2.24) is 9.91 Å². The lowest BCUT2D eigenvalue weighted by Crippen LogP contribution is -2.42. The molecule has 1 atom stereocenters. The molecular formula is C21H29N3O4S. The molecule has 0 aliphatic carbocycles. The summed E-state index contributed by atoms with van der Waals surface area (Å²) in [5.41, 5.74) is 1.89. The molecule has 1 aromatic rings. The molecule has 2 aliphatic heterocycles. The van der Waals surface area contributed by atoms with Gasteiger partial charge < -0.3 is 4.90 Å². The zero-order chi connectivity index (χ0) is 20.9. The summed E-state index contributed by atoms with van der Waals surface area (Å²) in [5, 5.41) is 5.87. The van der Waals surface area contributed by atoms with E-state index in [4.69, 9.17) is 0 Å². The number of amides is 2. The maximum Gasteiger partial charge on any atom is 0.243 e. The fraction of sp³-hybridized carbons (Fsp3) is 0.571. The maximum absolute atomic E-state index is 12.8. The largest absolute Gasteiger partial charge is 0.339 e. The third-order valence-electron chi connectivity index (χ3n) is 5.47. The lowest BCUT2D eigenvalue weighted by molar-refractivity contribution is -0.138. The molecule has 2 heterocycles. The third kappa shape index (κ3) is 5.65. The quantitative estimate of drug-likeness (QED) is 0.646. The zero-order valence-corrected chi connectivity index (χ0v) is 17.7. The van der Waals surface area contributed by atoms with Gasteiger partial charge in [-0.15, -0.1) is 0 Å². The molecule has 0 radical (unpaired) electrons. The Balaban J connectivity index is 1.56. The second kappa shape index (κ2) is 9.52. The first-order chi connectivity index (χ1) is 13.9. The molecule has 1 fully saturated rings. The number of rotatable bonds is 8. The summed E-state index contributed by atoms with van der Waals surface area (Å²) < 4.78 is 23.6. The van der Waals surface area contributed by atoms with Crippen molar-refractivity contribution >= 4 is 27.4 Å². The van der Waals surface area contributed by atoms with Crippen LogP contribution in [0.4, 0.5) is 0 Å². The van der Waals surface area contributed by atoms with Crippen molar-refractivity contribution in [2.75, 3.05) is 24.6 Å². The minimum Gasteiger partial charge on any atom is -0.339 e. The Bertz CT molecular complexity index is 867. The van der Waals surface area contributed by atoms with Crippen LogP contribution in [0.1, 0.15) is 51.0 Å². The van der Waals surface area contributed by atoms with Gasteiger partial charge in [0.15, 0.2) is 9.84 Å². The predicted octanol–water partition coefficient (Wildman–Crippen LogP) is 2.22. The predicted molar refractivity (Wildman–Crippen MR) is 112 cm³/mol. The van der Waals surface area contributed by atoms with E-state index in [9.17, 15) is 18.0 Å². The van der Waals surface area contributed by atoms with Crippen molar-refractivity contribution in [3.8, 4) is 0 Å². The highest BCUT2D eigenvalue weighted by Crippen LogP contribution is 2.20. The summed E-state index contributed by atoms with van der Waals surface area (Å²) in [5.74, 6) is -0.135. The Morgan fingerprint density at radius 1 is 1.21 bits per heavy atom. The number of hydrogen-bond acceptors (Lipinski definition) is 5. The van der Waals surface area contributed by atoms with Crippen LogP contribution in [0.3, 0.4) is 0 Å². The summed E-state index contributed by atoms with van der Waals surface area (Å²) in [4.78, 5) is 27.0. The van der Waals surface area contributed by atoms with Gasteiger partial charge in [0.2, 0.25) is 11.8 Å². The molecule has 0 saturated carbocycles. The van der Waals surface area contributed by atoms with E-state index < -0.39 is 9.84 Å². The van der Waals surface area contributed by atoms with Gasteiger partial charge in [-0.1, -0.05) is 43.7 Å². The average molecular weight is 420 g/mol. The van der Waals surface area contributed by atoms with Gasteiger partial charge in [0.25, 0.3) is 0 Å². The Hall–Kier alpha value is -2.22.